The Labute approximate surface area is 122 Å². The Morgan fingerprint density at radius 3 is 2.72 bits per heavy atom. The predicted octanol–water partition coefficient (Wildman–Crippen LogP) is 1.96. The zero-order valence-corrected chi connectivity index (χ0v) is 12.8. The number of allylic oxidation sites excluding steroid dienone is 3. The lowest BCUT2D eigenvalue weighted by Gasteiger charge is -2.44. The average Bonchev–Trinajstić information content (AvgIpc) is 2.40. The van der Waals surface area contributed by atoms with Crippen molar-refractivity contribution in [2.24, 2.45) is 5.92 Å². The van der Waals surface area contributed by atoms with Crippen molar-refractivity contribution in [2.75, 3.05) is 25.0 Å². The topological polar surface area (TPSA) is 32.3 Å². The molecule has 0 spiro atoms. The van der Waals surface area contributed by atoms with Crippen molar-refractivity contribution in [2.45, 2.75) is 18.9 Å². The molecule has 1 amide bonds. The lowest BCUT2D eigenvalue weighted by Crippen LogP contribution is -2.57. The van der Waals surface area contributed by atoms with Crippen LogP contribution >= 0.6 is 28.6 Å². The van der Waals surface area contributed by atoms with E-state index < -0.39 is 0 Å². The number of fused-ring (bicyclic) bond motifs is 3. The summed E-state index contributed by atoms with van der Waals surface area (Å²) in [5, 5.41) is 3.89. The van der Waals surface area contributed by atoms with E-state index in [1.807, 2.05) is 12.2 Å². The first-order chi connectivity index (χ1) is 8.70. The summed E-state index contributed by atoms with van der Waals surface area (Å²) in [5.41, 5.74) is 0. The van der Waals surface area contributed by atoms with Gasteiger partial charge in [0.25, 0.3) is 5.91 Å². The van der Waals surface area contributed by atoms with Crippen molar-refractivity contribution in [3.8, 4) is 0 Å². The molecule has 3 fully saturated rings. The number of carbonyl (C=O) groups is 1. The van der Waals surface area contributed by atoms with Crippen LogP contribution in [0.1, 0.15) is 12.8 Å². The Hall–Kier alpha value is -0.260. The van der Waals surface area contributed by atoms with Crippen molar-refractivity contribution in [3.63, 3.8) is 0 Å². The number of amides is 1. The molecule has 0 saturated carbocycles. The molecule has 0 unspecified atom stereocenters. The van der Waals surface area contributed by atoms with Crippen LogP contribution < -0.4 is 5.32 Å². The Balaban J connectivity index is 1.87. The van der Waals surface area contributed by atoms with Crippen molar-refractivity contribution < 1.29 is 4.79 Å². The van der Waals surface area contributed by atoms with Crippen LogP contribution in [0.4, 0.5) is 0 Å². The Bertz CT molecular complexity index is 362. The van der Waals surface area contributed by atoms with E-state index >= 15 is 0 Å². The number of carbonyl (C=O) groups excluding carboxylic acids is 1. The molecule has 1 N–H and O–H groups in total. The zero-order valence-electron chi connectivity index (χ0n) is 10.3. The Morgan fingerprint density at radius 1 is 1.44 bits per heavy atom. The van der Waals surface area contributed by atoms with Gasteiger partial charge < -0.3 is 10.2 Å². The van der Waals surface area contributed by atoms with Crippen molar-refractivity contribution >= 4 is 34.5 Å². The van der Waals surface area contributed by atoms with Crippen LogP contribution in [0.2, 0.25) is 0 Å². The fourth-order valence-corrected chi connectivity index (χ4v) is 3.02. The van der Waals surface area contributed by atoms with E-state index in [2.05, 4.69) is 38.8 Å². The Morgan fingerprint density at radius 2 is 2.17 bits per heavy atom. The van der Waals surface area contributed by atoms with Gasteiger partial charge in [-0.05, 0) is 37.9 Å². The standard InChI is InChI=1S/C13H19BrN2OS/c14-6-2-1-3-12(18)13(17)15-11-9-16-7-4-10(11)5-8-16/h1-3,10-11,18H,4-9H2,(H,15,17)/b2-1+,12-3-/t11-/m1/s1. The molecule has 3 aliphatic rings. The summed E-state index contributed by atoms with van der Waals surface area (Å²) < 4.78 is 0. The maximum absolute atomic E-state index is 12.0. The van der Waals surface area contributed by atoms with Gasteiger partial charge in [-0.25, -0.2) is 0 Å². The number of nitrogens with one attached hydrogen (secondary N) is 1. The summed E-state index contributed by atoms with van der Waals surface area (Å²) in [6.45, 7) is 3.37. The van der Waals surface area contributed by atoms with Gasteiger partial charge in [-0.2, -0.15) is 0 Å². The van der Waals surface area contributed by atoms with Crippen molar-refractivity contribution in [1.29, 1.82) is 0 Å². The number of alkyl halides is 1. The molecule has 18 heavy (non-hydrogen) atoms. The zero-order chi connectivity index (χ0) is 13.0. The maximum Gasteiger partial charge on any atom is 0.257 e. The molecule has 0 aliphatic carbocycles. The molecule has 5 heteroatoms. The number of thiol groups is 1. The second-order valence-corrected chi connectivity index (χ2v) is 5.98. The summed E-state index contributed by atoms with van der Waals surface area (Å²) in [6.07, 6.45) is 7.92. The second-order valence-electron chi connectivity index (χ2n) is 4.85. The molecule has 0 aromatic rings. The Kier molecular flexibility index (Phi) is 5.33. The fourth-order valence-electron chi connectivity index (χ4n) is 2.66. The number of piperidine rings is 3. The van der Waals surface area contributed by atoms with E-state index in [-0.39, 0.29) is 5.91 Å². The van der Waals surface area contributed by atoms with Gasteiger partial charge in [-0.15, -0.1) is 12.6 Å². The molecule has 3 heterocycles. The van der Waals surface area contributed by atoms with Crippen LogP contribution in [0.25, 0.3) is 0 Å². The molecule has 0 aromatic carbocycles. The highest BCUT2D eigenvalue weighted by molar-refractivity contribution is 9.09. The van der Waals surface area contributed by atoms with Gasteiger partial charge in [0.2, 0.25) is 0 Å². The molecule has 2 bridgehead atoms. The summed E-state index contributed by atoms with van der Waals surface area (Å²) >= 11 is 7.53. The molecule has 0 aromatic heterocycles. The van der Waals surface area contributed by atoms with Crippen LogP contribution in [0.15, 0.2) is 23.1 Å². The van der Waals surface area contributed by atoms with Crippen LogP contribution in [-0.2, 0) is 4.79 Å². The average molecular weight is 331 g/mol. The van der Waals surface area contributed by atoms with E-state index in [0.29, 0.717) is 16.9 Å². The number of hydrogen-bond acceptors (Lipinski definition) is 3. The van der Waals surface area contributed by atoms with E-state index in [9.17, 15) is 4.79 Å². The molecule has 0 radical (unpaired) electrons. The van der Waals surface area contributed by atoms with E-state index in [1.54, 1.807) is 6.08 Å². The quantitative estimate of drug-likeness (QED) is 0.357. The van der Waals surface area contributed by atoms with Crippen LogP contribution in [0.5, 0.6) is 0 Å². The van der Waals surface area contributed by atoms with Gasteiger partial charge in [0.1, 0.15) is 0 Å². The van der Waals surface area contributed by atoms with Crippen molar-refractivity contribution in [1.82, 2.24) is 10.2 Å². The molecule has 3 rings (SSSR count). The first-order valence-corrected chi connectivity index (χ1v) is 7.92. The number of rotatable bonds is 4. The van der Waals surface area contributed by atoms with E-state index in [4.69, 9.17) is 0 Å². The lowest BCUT2D eigenvalue weighted by molar-refractivity contribution is -0.118. The van der Waals surface area contributed by atoms with Gasteiger partial charge in [0.05, 0.1) is 4.91 Å². The molecular formula is C13H19BrN2OS. The normalized spacial score (nSPS) is 31.9. The highest BCUT2D eigenvalue weighted by Gasteiger charge is 2.34. The van der Waals surface area contributed by atoms with Crippen LogP contribution in [-0.4, -0.2) is 41.8 Å². The fraction of sp³-hybridized carbons (Fsp3) is 0.615. The first kappa shape index (κ1) is 14.2. The van der Waals surface area contributed by atoms with Gasteiger partial charge in [0.15, 0.2) is 0 Å². The third-order valence-corrected chi connectivity index (χ3v) is 4.41. The largest absolute Gasteiger partial charge is 0.347 e. The molecule has 3 aliphatic heterocycles. The number of nitrogens with zero attached hydrogens (tertiary/aromatic N) is 1. The lowest BCUT2D eigenvalue weighted by atomic mass is 9.84. The van der Waals surface area contributed by atoms with Crippen LogP contribution in [0, 0.1) is 5.92 Å². The highest BCUT2D eigenvalue weighted by Crippen LogP contribution is 2.27. The summed E-state index contributed by atoms with van der Waals surface area (Å²) in [7, 11) is 0. The minimum Gasteiger partial charge on any atom is -0.347 e. The molecular weight excluding hydrogens is 312 g/mol. The van der Waals surface area contributed by atoms with Gasteiger partial charge >= 0.3 is 0 Å². The molecule has 1 atom stereocenters. The third kappa shape index (κ3) is 3.62. The predicted molar refractivity (Wildman–Crippen MR) is 81.1 cm³/mol. The third-order valence-electron chi connectivity index (χ3n) is 3.68. The molecule has 100 valence electrons. The maximum atomic E-state index is 12.0. The molecule has 3 saturated heterocycles. The second kappa shape index (κ2) is 6.78. The summed E-state index contributed by atoms with van der Waals surface area (Å²) in [5.74, 6) is 0.592. The SMILES string of the molecule is O=C(N[C@@H]1CN2CCC1CC2)/C(S)=C/C=C/CBr. The summed E-state index contributed by atoms with van der Waals surface area (Å²) in [4.78, 5) is 14.9. The van der Waals surface area contributed by atoms with Crippen molar-refractivity contribution in [3.05, 3.63) is 23.1 Å². The number of hydrogen-bond donors (Lipinski definition) is 2. The van der Waals surface area contributed by atoms with Gasteiger partial charge in [-0.1, -0.05) is 28.1 Å². The first-order valence-electron chi connectivity index (χ1n) is 6.35. The van der Waals surface area contributed by atoms with Gasteiger partial charge in [-0.3, -0.25) is 4.79 Å². The monoisotopic (exact) mass is 330 g/mol. The summed E-state index contributed by atoms with van der Waals surface area (Å²) in [6, 6.07) is 0.302. The van der Waals surface area contributed by atoms with E-state index in [1.165, 1.54) is 25.9 Å². The molecule has 3 nitrogen and oxygen atoms in total. The smallest absolute Gasteiger partial charge is 0.257 e. The minimum atomic E-state index is -0.0590. The minimum absolute atomic E-state index is 0.0590. The highest BCUT2D eigenvalue weighted by atomic mass is 79.9. The van der Waals surface area contributed by atoms with Crippen LogP contribution in [0.3, 0.4) is 0 Å². The number of halogens is 1. The van der Waals surface area contributed by atoms with Gasteiger partial charge in [0, 0.05) is 17.9 Å². The van der Waals surface area contributed by atoms with E-state index in [0.717, 1.165) is 11.9 Å².